The van der Waals surface area contributed by atoms with Crippen LogP contribution < -0.4 is 15.2 Å². The van der Waals surface area contributed by atoms with Crippen LogP contribution in [-0.4, -0.2) is 32.2 Å². The third-order valence-electron chi connectivity index (χ3n) is 3.80. The largest absolute Gasteiger partial charge is 0.378 e. The van der Waals surface area contributed by atoms with Crippen LogP contribution in [0, 0.1) is 5.82 Å². The highest BCUT2D eigenvalue weighted by Gasteiger charge is 2.18. The summed E-state index contributed by atoms with van der Waals surface area (Å²) in [6, 6.07) is 10.1. The molecule has 0 radical (unpaired) electrons. The second-order valence-corrected chi connectivity index (χ2v) is 5.33. The van der Waals surface area contributed by atoms with Gasteiger partial charge in [-0.15, -0.1) is 0 Å². The topological polar surface area (TPSA) is 55.7 Å². The predicted octanol–water partition coefficient (Wildman–Crippen LogP) is 1.41. The molecule has 1 aromatic heterocycles. The van der Waals surface area contributed by atoms with E-state index in [0.717, 1.165) is 18.8 Å². The van der Waals surface area contributed by atoms with Crippen molar-refractivity contribution in [2.24, 2.45) is 0 Å². The van der Waals surface area contributed by atoms with Crippen molar-refractivity contribution >= 4 is 11.6 Å². The zero-order valence-corrected chi connectivity index (χ0v) is 12.7. The van der Waals surface area contributed by atoms with Crippen molar-refractivity contribution in [1.82, 2.24) is 5.32 Å². The van der Waals surface area contributed by atoms with Crippen LogP contribution in [0.3, 0.4) is 0 Å². The SMILES string of the molecule is O=C(NCc1ccccc1F)c1cc(N2CCOCC2)cc[nH+]1. The Kier molecular flexibility index (Phi) is 4.83. The molecule has 1 aliphatic rings. The lowest BCUT2D eigenvalue weighted by Gasteiger charge is -2.28. The average Bonchev–Trinajstić information content (AvgIpc) is 2.62. The van der Waals surface area contributed by atoms with Crippen LogP contribution in [0.2, 0.25) is 0 Å². The molecule has 0 spiro atoms. The molecule has 0 aliphatic carbocycles. The first-order chi connectivity index (χ1) is 11.2. The van der Waals surface area contributed by atoms with E-state index in [-0.39, 0.29) is 18.3 Å². The van der Waals surface area contributed by atoms with Gasteiger partial charge in [0.25, 0.3) is 5.69 Å². The summed E-state index contributed by atoms with van der Waals surface area (Å²) in [5.74, 6) is -0.581. The summed E-state index contributed by atoms with van der Waals surface area (Å²) in [4.78, 5) is 17.4. The van der Waals surface area contributed by atoms with Gasteiger partial charge >= 0.3 is 5.91 Å². The highest BCUT2D eigenvalue weighted by Crippen LogP contribution is 2.15. The number of ether oxygens (including phenoxy) is 1. The summed E-state index contributed by atoms with van der Waals surface area (Å²) in [6.07, 6.45) is 1.74. The standard InChI is InChI=1S/C17H18FN3O2/c18-15-4-2-1-3-13(15)12-20-17(22)16-11-14(5-6-19-16)21-7-9-23-10-8-21/h1-6,11H,7-10,12H2,(H,20,22)/p+1. The second-order valence-electron chi connectivity index (χ2n) is 5.33. The number of hydrogen-bond donors (Lipinski definition) is 1. The third kappa shape index (κ3) is 3.84. The van der Waals surface area contributed by atoms with Gasteiger partial charge in [0.2, 0.25) is 0 Å². The Morgan fingerprint density at radius 2 is 2.04 bits per heavy atom. The van der Waals surface area contributed by atoms with Crippen LogP contribution in [-0.2, 0) is 11.3 Å². The molecule has 1 saturated heterocycles. The van der Waals surface area contributed by atoms with Gasteiger partial charge in [-0.2, -0.15) is 0 Å². The highest BCUT2D eigenvalue weighted by molar-refractivity contribution is 5.91. The molecule has 3 rings (SSSR count). The summed E-state index contributed by atoms with van der Waals surface area (Å²) >= 11 is 0. The van der Waals surface area contributed by atoms with Crippen molar-refractivity contribution in [2.75, 3.05) is 31.2 Å². The Morgan fingerprint density at radius 1 is 1.26 bits per heavy atom. The van der Waals surface area contributed by atoms with Crippen molar-refractivity contribution in [3.8, 4) is 0 Å². The molecule has 0 atom stereocenters. The maximum absolute atomic E-state index is 13.6. The lowest BCUT2D eigenvalue weighted by atomic mass is 10.2. The fourth-order valence-electron chi connectivity index (χ4n) is 2.52. The number of halogens is 1. The predicted molar refractivity (Wildman–Crippen MR) is 83.6 cm³/mol. The molecule has 23 heavy (non-hydrogen) atoms. The maximum Gasteiger partial charge on any atom is 0.316 e. The van der Waals surface area contributed by atoms with E-state index in [2.05, 4.69) is 15.2 Å². The van der Waals surface area contributed by atoms with Gasteiger partial charge in [0.05, 0.1) is 13.2 Å². The first kappa shape index (κ1) is 15.4. The molecule has 2 N–H and O–H groups in total. The van der Waals surface area contributed by atoms with Gasteiger partial charge in [-0.3, -0.25) is 4.79 Å². The smallest absolute Gasteiger partial charge is 0.316 e. The zero-order valence-electron chi connectivity index (χ0n) is 12.7. The molecule has 0 saturated carbocycles. The first-order valence-corrected chi connectivity index (χ1v) is 7.60. The van der Waals surface area contributed by atoms with Gasteiger partial charge in [-0.25, -0.2) is 9.37 Å². The molecule has 2 heterocycles. The van der Waals surface area contributed by atoms with Crippen LogP contribution in [0.4, 0.5) is 10.1 Å². The van der Waals surface area contributed by atoms with Gasteiger partial charge in [0.1, 0.15) is 5.82 Å². The molecular weight excluding hydrogens is 297 g/mol. The number of rotatable bonds is 4. The molecular formula is C17H19FN3O2+. The Bertz CT molecular complexity index is 687. The van der Waals surface area contributed by atoms with Crippen LogP contribution in [0.5, 0.6) is 0 Å². The maximum atomic E-state index is 13.6. The molecule has 0 bridgehead atoms. The van der Waals surface area contributed by atoms with Gasteiger partial charge in [-0.05, 0) is 6.07 Å². The van der Waals surface area contributed by atoms with Crippen molar-refractivity contribution in [1.29, 1.82) is 0 Å². The number of morpholine rings is 1. The molecule has 120 valence electrons. The van der Waals surface area contributed by atoms with Crippen LogP contribution in [0.1, 0.15) is 16.1 Å². The summed E-state index contributed by atoms with van der Waals surface area (Å²) < 4.78 is 18.9. The van der Waals surface area contributed by atoms with E-state index in [1.54, 1.807) is 24.4 Å². The van der Waals surface area contributed by atoms with Gasteiger partial charge in [0, 0.05) is 43.0 Å². The summed E-state index contributed by atoms with van der Waals surface area (Å²) in [5, 5.41) is 2.73. The lowest BCUT2D eigenvalue weighted by Crippen LogP contribution is -2.37. The number of aromatic nitrogens is 1. The fourth-order valence-corrected chi connectivity index (χ4v) is 2.52. The van der Waals surface area contributed by atoms with E-state index >= 15 is 0 Å². The van der Waals surface area contributed by atoms with Gasteiger partial charge in [-0.1, -0.05) is 18.2 Å². The fraction of sp³-hybridized carbons (Fsp3) is 0.294. The van der Waals surface area contributed by atoms with Gasteiger partial charge < -0.3 is 15.0 Å². The molecule has 1 fully saturated rings. The quantitative estimate of drug-likeness (QED) is 0.928. The molecule has 5 nitrogen and oxygen atoms in total. The van der Waals surface area contributed by atoms with Crippen LogP contribution >= 0.6 is 0 Å². The molecule has 1 amide bonds. The molecule has 2 aromatic rings. The molecule has 1 aromatic carbocycles. The number of hydrogen-bond acceptors (Lipinski definition) is 3. The monoisotopic (exact) mass is 316 g/mol. The van der Waals surface area contributed by atoms with E-state index in [1.807, 2.05) is 12.1 Å². The van der Waals surface area contributed by atoms with Crippen molar-refractivity contribution in [3.05, 3.63) is 59.7 Å². The lowest BCUT2D eigenvalue weighted by molar-refractivity contribution is -0.382. The minimum absolute atomic E-state index is 0.154. The number of pyridine rings is 1. The number of carbonyl (C=O) groups is 1. The number of H-pyrrole nitrogens is 1. The Hall–Kier alpha value is -2.47. The van der Waals surface area contributed by atoms with E-state index in [9.17, 15) is 9.18 Å². The van der Waals surface area contributed by atoms with Crippen molar-refractivity contribution < 1.29 is 18.9 Å². The van der Waals surface area contributed by atoms with Crippen LogP contribution in [0.25, 0.3) is 0 Å². The number of nitrogens with zero attached hydrogens (tertiary/aromatic N) is 1. The molecule has 1 aliphatic heterocycles. The summed E-state index contributed by atoms with van der Waals surface area (Å²) in [7, 11) is 0. The number of carbonyl (C=O) groups excluding carboxylic acids is 1. The Balaban J connectivity index is 1.66. The molecule has 0 unspecified atom stereocenters. The van der Waals surface area contributed by atoms with Crippen molar-refractivity contribution in [2.45, 2.75) is 6.54 Å². The van der Waals surface area contributed by atoms with E-state index in [1.165, 1.54) is 6.07 Å². The third-order valence-corrected chi connectivity index (χ3v) is 3.80. The molecule has 6 heteroatoms. The number of aromatic amines is 1. The van der Waals surface area contributed by atoms with E-state index in [0.29, 0.717) is 24.5 Å². The highest BCUT2D eigenvalue weighted by atomic mass is 19.1. The minimum atomic E-state index is -0.321. The Morgan fingerprint density at radius 3 is 2.83 bits per heavy atom. The zero-order chi connectivity index (χ0) is 16.1. The number of nitrogens with one attached hydrogen (secondary N) is 2. The Labute approximate surface area is 134 Å². The number of benzene rings is 1. The van der Waals surface area contributed by atoms with Crippen LogP contribution in [0.15, 0.2) is 42.6 Å². The normalized spacial score (nSPS) is 14.6. The van der Waals surface area contributed by atoms with E-state index in [4.69, 9.17) is 4.74 Å². The van der Waals surface area contributed by atoms with E-state index < -0.39 is 0 Å². The average molecular weight is 316 g/mol. The second kappa shape index (κ2) is 7.19. The number of anilines is 1. The number of amides is 1. The van der Waals surface area contributed by atoms with Crippen molar-refractivity contribution in [3.63, 3.8) is 0 Å². The van der Waals surface area contributed by atoms with Gasteiger partial charge in [0.15, 0.2) is 6.20 Å². The summed E-state index contributed by atoms with van der Waals surface area (Å²) in [6.45, 7) is 3.14. The summed E-state index contributed by atoms with van der Waals surface area (Å²) in [5.41, 5.74) is 1.89. The minimum Gasteiger partial charge on any atom is -0.378 e. The first-order valence-electron chi connectivity index (χ1n) is 7.60.